The van der Waals surface area contributed by atoms with Gasteiger partial charge in [0.2, 0.25) is 0 Å². The molecule has 0 aliphatic carbocycles. The molecule has 16 heavy (non-hydrogen) atoms. The lowest BCUT2D eigenvalue weighted by atomic mass is 10.1. The maximum Gasteiger partial charge on any atom is 0.183 e. The highest BCUT2D eigenvalue weighted by Crippen LogP contribution is 2.34. The number of rotatable bonds is 0. The van der Waals surface area contributed by atoms with Crippen molar-refractivity contribution in [2.24, 2.45) is 0 Å². The molecule has 3 rings (SSSR count). The quantitative estimate of drug-likeness (QED) is 0.692. The molecule has 1 aliphatic heterocycles. The molecule has 0 radical (unpaired) electrons. The molecule has 0 fully saturated rings. The Morgan fingerprint density at radius 1 is 1.19 bits per heavy atom. The summed E-state index contributed by atoms with van der Waals surface area (Å²) in [6, 6.07) is 12.0. The summed E-state index contributed by atoms with van der Waals surface area (Å²) in [5, 5.41) is 1.15. The van der Waals surface area contributed by atoms with Crippen molar-refractivity contribution in [3.05, 3.63) is 47.7 Å². The van der Waals surface area contributed by atoms with Gasteiger partial charge in [0, 0.05) is 16.2 Å². The third kappa shape index (κ3) is 1.39. The fourth-order valence-corrected chi connectivity index (χ4v) is 3.08. The van der Waals surface area contributed by atoms with Crippen LogP contribution in [0.4, 0.5) is 0 Å². The number of carbonyl (C=O) groups excluding carboxylic acids is 1. The van der Waals surface area contributed by atoms with E-state index in [0.717, 1.165) is 21.2 Å². The summed E-state index contributed by atoms with van der Waals surface area (Å²) in [6.07, 6.45) is 0. The summed E-state index contributed by atoms with van der Waals surface area (Å²) in [4.78, 5) is 13.1. The Kier molecular flexibility index (Phi) is 2.14. The molecule has 0 saturated heterocycles. The molecule has 0 atom stereocenters. The fourth-order valence-electron chi connectivity index (χ4n) is 1.96. The van der Waals surface area contributed by atoms with Crippen molar-refractivity contribution in [3.8, 4) is 0 Å². The highest BCUT2D eigenvalue weighted by Gasteiger charge is 2.20. The van der Waals surface area contributed by atoms with Crippen LogP contribution in [0.25, 0.3) is 0 Å². The van der Waals surface area contributed by atoms with Crippen molar-refractivity contribution >= 4 is 17.5 Å². The van der Waals surface area contributed by atoms with Gasteiger partial charge in [0.15, 0.2) is 5.78 Å². The molecule has 2 heterocycles. The van der Waals surface area contributed by atoms with Crippen molar-refractivity contribution in [1.82, 2.24) is 4.57 Å². The monoisotopic (exact) mass is 229 g/mol. The van der Waals surface area contributed by atoms with Crippen molar-refractivity contribution in [3.63, 3.8) is 0 Å². The Labute approximate surface area is 98.3 Å². The average molecular weight is 229 g/mol. The zero-order valence-electron chi connectivity index (χ0n) is 8.93. The molecular weight excluding hydrogens is 218 g/mol. The zero-order chi connectivity index (χ0) is 11.1. The van der Waals surface area contributed by atoms with E-state index in [-0.39, 0.29) is 5.78 Å². The maximum absolute atomic E-state index is 12.1. The average Bonchev–Trinajstić information content (AvgIpc) is 2.56. The third-order valence-corrected chi connectivity index (χ3v) is 4.00. The molecule has 2 aromatic rings. The first-order valence-corrected chi connectivity index (χ1v) is 6.03. The van der Waals surface area contributed by atoms with E-state index in [1.165, 1.54) is 0 Å². The van der Waals surface area contributed by atoms with Gasteiger partial charge in [-0.3, -0.25) is 4.79 Å². The standard InChI is InChI=1S/C13H11NOS/c1-9-6-7-13-14(9)8-11(15)10-4-2-3-5-12(10)16-13/h2-7H,8H2,1H3. The summed E-state index contributed by atoms with van der Waals surface area (Å²) >= 11 is 1.67. The summed E-state index contributed by atoms with van der Waals surface area (Å²) in [7, 11) is 0. The van der Waals surface area contributed by atoms with Gasteiger partial charge in [-0.15, -0.1) is 0 Å². The van der Waals surface area contributed by atoms with Gasteiger partial charge in [-0.2, -0.15) is 0 Å². The number of benzene rings is 1. The number of carbonyl (C=O) groups is 1. The highest BCUT2D eigenvalue weighted by molar-refractivity contribution is 7.99. The largest absolute Gasteiger partial charge is 0.332 e. The predicted octanol–water partition coefficient (Wildman–Crippen LogP) is 3.14. The minimum atomic E-state index is 0.196. The Morgan fingerprint density at radius 2 is 2.00 bits per heavy atom. The fraction of sp³-hybridized carbons (Fsp3) is 0.154. The van der Waals surface area contributed by atoms with E-state index < -0.39 is 0 Å². The highest BCUT2D eigenvalue weighted by atomic mass is 32.2. The molecule has 0 unspecified atom stereocenters. The summed E-state index contributed by atoms with van der Waals surface area (Å²) < 4.78 is 2.08. The van der Waals surface area contributed by atoms with Crippen molar-refractivity contribution in [1.29, 1.82) is 0 Å². The Hall–Kier alpha value is -1.48. The topological polar surface area (TPSA) is 22.0 Å². The molecule has 0 N–H and O–H groups in total. The van der Waals surface area contributed by atoms with Crippen molar-refractivity contribution in [2.75, 3.05) is 0 Å². The lowest BCUT2D eigenvalue weighted by Crippen LogP contribution is -2.10. The number of Topliss-reactive ketones (excluding diaryl/α,β-unsaturated/α-hetero) is 1. The maximum atomic E-state index is 12.1. The number of aromatic nitrogens is 1. The van der Waals surface area contributed by atoms with Gasteiger partial charge < -0.3 is 4.57 Å². The van der Waals surface area contributed by atoms with Gasteiger partial charge >= 0.3 is 0 Å². The third-order valence-electron chi connectivity index (χ3n) is 2.86. The van der Waals surface area contributed by atoms with Gasteiger partial charge in [-0.1, -0.05) is 30.0 Å². The van der Waals surface area contributed by atoms with Crippen LogP contribution in [0.3, 0.4) is 0 Å². The van der Waals surface area contributed by atoms with Crippen LogP contribution in [0.15, 0.2) is 46.3 Å². The van der Waals surface area contributed by atoms with Crippen LogP contribution in [0, 0.1) is 6.92 Å². The second-order valence-corrected chi connectivity index (χ2v) is 4.98. The number of fused-ring (bicyclic) bond motifs is 2. The molecule has 0 saturated carbocycles. The zero-order valence-corrected chi connectivity index (χ0v) is 9.75. The first-order valence-electron chi connectivity index (χ1n) is 5.22. The second kappa shape index (κ2) is 3.52. The predicted molar refractivity (Wildman–Crippen MR) is 64.1 cm³/mol. The van der Waals surface area contributed by atoms with Crippen LogP contribution in [0.1, 0.15) is 16.1 Å². The van der Waals surface area contributed by atoms with Crippen LogP contribution >= 0.6 is 11.8 Å². The SMILES string of the molecule is Cc1ccc2n1CC(=O)c1ccccc1S2. The smallest absolute Gasteiger partial charge is 0.183 e. The first kappa shape index (κ1) is 9.73. The van der Waals surface area contributed by atoms with Gasteiger partial charge in [-0.25, -0.2) is 0 Å². The second-order valence-electron chi connectivity index (χ2n) is 3.92. The first-order chi connectivity index (χ1) is 7.75. The van der Waals surface area contributed by atoms with E-state index in [0.29, 0.717) is 6.54 Å². The van der Waals surface area contributed by atoms with Gasteiger partial charge in [-0.05, 0) is 25.1 Å². The molecule has 0 bridgehead atoms. The molecule has 1 aromatic heterocycles. The molecule has 1 aromatic carbocycles. The Bertz CT molecular complexity index is 571. The molecule has 0 amide bonds. The Morgan fingerprint density at radius 3 is 2.88 bits per heavy atom. The van der Waals surface area contributed by atoms with E-state index in [4.69, 9.17) is 0 Å². The van der Waals surface area contributed by atoms with Crippen molar-refractivity contribution < 1.29 is 4.79 Å². The summed E-state index contributed by atoms with van der Waals surface area (Å²) in [6.45, 7) is 2.49. The number of hydrogen-bond acceptors (Lipinski definition) is 2. The summed E-state index contributed by atoms with van der Waals surface area (Å²) in [5.74, 6) is 0.196. The number of ketones is 1. The van der Waals surface area contributed by atoms with Gasteiger partial charge in [0.25, 0.3) is 0 Å². The van der Waals surface area contributed by atoms with Crippen molar-refractivity contribution in [2.45, 2.75) is 23.4 Å². The van der Waals surface area contributed by atoms with E-state index in [2.05, 4.69) is 16.7 Å². The molecule has 3 heteroatoms. The van der Waals surface area contributed by atoms with Crippen LogP contribution in [0.5, 0.6) is 0 Å². The van der Waals surface area contributed by atoms with Gasteiger partial charge in [0.1, 0.15) is 0 Å². The number of nitrogens with zero attached hydrogens (tertiary/aromatic N) is 1. The van der Waals surface area contributed by atoms with Gasteiger partial charge in [0.05, 0.1) is 11.6 Å². The summed E-state index contributed by atoms with van der Waals surface area (Å²) in [5.41, 5.74) is 1.99. The normalized spacial score (nSPS) is 14.2. The molecule has 1 aliphatic rings. The van der Waals surface area contributed by atoms with Crippen LogP contribution in [-0.4, -0.2) is 10.4 Å². The number of hydrogen-bond donors (Lipinski definition) is 0. The van der Waals surface area contributed by atoms with E-state index in [1.54, 1.807) is 11.8 Å². The molecule has 80 valence electrons. The van der Waals surface area contributed by atoms with Crippen LogP contribution in [0.2, 0.25) is 0 Å². The van der Waals surface area contributed by atoms with Crippen LogP contribution in [-0.2, 0) is 6.54 Å². The van der Waals surface area contributed by atoms with E-state index in [1.807, 2.05) is 31.2 Å². The molecule has 2 nitrogen and oxygen atoms in total. The van der Waals surface area contributed by atoms with E-state index in [9.17, 15) is 4.79 Å². The van der Waals surface area contributed by atoms with Crippen LogP contribution < -0.4 is 0 Å². The number of aryl methyl sites for hydroxylation is 1. The minimum absolute atomic E-state index is 0.196. The molecular formula is C13H11NOS. The van der Waals surface area contributed by atoms with E-state index >= 15 is 0 Å². The lowest BCUT2D eigenvalue weighted by molar-refractivity contribution is 0.0967. The minimum Gasteiger partial charge on any atom is -0.332 e. The lowest BCUT2D eigenvalue weighted by Gasteiger charge is -2.04. The Balaban J connectivity index is 2.19. The molecule has 0 spiro atoms.